The van der Waals surface area contributed by atoms with E-state index in [1.165, 1.54) is 5.56 Å². The van der Waals surface area contributed by atoms with E-state index in [1.807, 2.05) is 49.5 Å². The van der Waals surface area contributed by atoms with Gasteiger partial charge in [0.2, 0.25) is 5.91 Å². The van der Waals surface area contributed by atoms with Gasteiger partial charge in [-0.3, -0.25) is 9.78 Å². The van der Waals surface area contributed by atoms with Gasteiger partial charge in [-0.05, 0) is 53.6 Å². The number of amides is 1. The summed E-state index contributed by atoms with van der Waals surface area (Å²) in [5, 5.41) is 3.18. The lowest BCUT2D eigenvalue weighted by atomic mass is 10.0. The second-order valence-electron chi connectivity index (χ2n) is 6.96. The van der Waals surface area contributed by atoms with Crippen molar-refractivity contribution in [2.75, 3.05) is 0 Å². The van der Waals surface area contributed by atoms with E-state index in [4.69, 9.17) is 0 Å². The largest absolute Gasteiger partial charge is 0.349 e. The molecule has 0 bridgehead atoms. The standard InChI is InChI=1S/C23H22N2O/c1-16(18-9-5-10-19(13-18)20-11-6-12-24-15-20)25-23(26)22-14-21(22)17-7-3-2-4-8-17/h2-13,15-16,21-22H,14H2,1H3,(H,25,26)/t16?,21?,22-/m0/s1. The molecule has 4 rings (SSSR count). The monoisotopic (exact) mass is 342 g/mol. The summed E-state index contributed by atoms with van der Waals surface area (Å²) in [6.45, 7) is 2.04. The number of hydrogen-bond acceptors (Lipinski definition) is 2. The number of carbonyl (C=O) groups is 1. The second kappa shape index (κ2) is 7.12. The van der Waals surface area contributed by atoms with Crippen molar-refractivity contribution in [2.45, 2.75) is 25.3 Å². The first-order chi connectivity index (χ1) is 12.7. The molecule has 3 nitrogen and oxygen atoms in total. The smallest absolute Gasteiger partial charge is 0.224 e. The molecule has 1 aliphatic carbocycles. The second-order valence-corrected chi connectivity index (χ2v) is 6.96. The Morgan fingerprint density at radius 3 is 2.62 bits per heavy atom. The number of aromatic nitrogens is 1. The summed E-state index contributed by atoms with van der Waals surface area (Å²) in [4.78, 5) is 16.8. The summed E-state index contributed by atoms with van der Waals surface area (Å²) in [7, 11) is 0. The predicted molar refractivity (Wildman–Crippen MR) is 104 cm³/mol. The van der Waals surface area contributed by atoms with Gasteiger partial charge in [-0.15, -0.1) is 0 Å². The Hall–Kier alpha value is -2.94. The van der Waals surface area contributed by atoms with E-state index in [0.29, 0.717) is 5.92 Å². The molecular formula is C23H22N2O. The van der Waals surface area contributed by atoms with Crippen molar-refractivity contribution in [3.63, 3.8) is 0 Å². The third-order valence-electron chi connectivity index (χ3n) is 5.10. The van der Waals surface area contributed by atoms with E-state index in [9.17, 15) is 4.79 Å². The molecule has 1 saturated carbocycles. The van der Waals surface area contributed by atoms with Crippen LogP contribution in [0.15, 0.2) is 79.1 Å². The number of nitrogens with one attached hydrogen (secondary N) is 1. The van der Waals surface area contributed by atoms with Crippen LogP contribution < -0.4 is 5.32 Å². The lowest BCUT2D eigenvalue weighted by molar-refractivity contribution is -0.123. The van der Waals surface area contributed by atoms with Crippen LogP contribution in [0.4, 0.5) is 0 Å². The highest BCUT2D eigenvalue weighted by molar-refractivity contribution is 5.83. The van der Waals surface area contributed by atoms with E-state index < -0.39 is 0 Å². The molecule has 0 aliphatic heterocycles. The van der Waals surface area contributed by atoms with E-state index >= 15 is 0 Å². The molecule has 0 saturated heterocycles. The van der Waals surface area contributed by atoms with Crippen molar-refractivity contribution >= 4 is 5.91 Å². The van der Waals surface area contributed by atoms with Crippen LogP contribution in [0.5, 0.6) is 0 Å². The number of pyridine rings is 1. The van der Waals surface area contributed by atoms with Crippen LogP contribution in [0.1, 0.15) is 36.4 Å². The maximum Gasteiger partial charge on any atom is 0.224 e. The van der Waals surface area contributed by atoms with Crippen LogP contribution in [-0.2, 0) is 4.79 Å². The van der Waals surface area contributed by atoms with Gasteiger partial charge < -0.3 is 5.32 Å². The number of carbonyl (C=O) groups excluding carboxylic acids is 1. The minimum atomic E-state index is -0.0175. The first kappa shape index (κ1) is 16.5. The summed E-state index contributed by atoms with van der Waals surface area (Å²) in [6.07, 6.45) is 4.57. The number of rotatable bonds is 5. The van der Waals surface area contributed by atoms with Gasteiger partial charge in [0.1, 0.15) is 0 Å². The highest BCUT2D eigenvalue weighted by atomic mass is 16.2. The molecule has 3 atom stereocenters. The van der Waals surface area contributed by atoms with E-state index in [0.717, 1.165) is 23.1 Å². The maximum atomic E-state index is 12.6. The Morgan fingerprint density at radius 1 is 1.04 bits per heavy atom. The zero-order chi connectivity index (χ0) is 17.9. The fraction of sp³-hybridized carbons (Fsp3) is 0.217. The van der Waals surface area contributed by atoms with E-state index in [-0.39, 0.29) is 17.9 Å². The molecule has 2 unspecified atom stereocenters. The van der Waals surface area contributed by atoms with Crippen molar-refractivity contribution < 1.29 is 4.79 Å². The average Bonchev–Trinajstić information content (AvgIpc) is 3.50. The van der Waals surface area contributed by atoms with Gasteiger partial charge >= 0.3 is 0 Å². The third kappa shape index (κ3) is 3.52. The molecule has 130 valence electrons. The van der Waals surface area contributed by atoms with E-state index in [2.05, 4.69) is 40.6 Å². The average molecular weight is 342 g/mol. The summed E-state index contributed by atoms with van der Waals surface area (Å²) in [6, 6.07) is 22.6. The van der Waals surface area contributed by atoms with Crippen molar-refractivity contribution in [1.29, 1.82) is 0 Å². The molecule has 2 aromatic carbocycles. The Morgan fingerprint density at radius 2 is 1.85 bits per heavy atom. The van der Waals surface area contributed by atoms with Crippen LogP contribution in [0, 0.1) is 5.92 Å². The van der Waals surface area contributed by atoms with Crippen molar-refractivity contribution in [3.8, 4) is 11.1 Å². The molecule has 3 heteroatoms. The minimum absolute atomic E-state index is 0.0175. The van der Waals surface area contributed by atoms with Gasteiger partial charge in [0.05, 0.1) is 6.04 Å². The molecule has 0 spiro atoms. The lowest BCUT2D eigenvalue weighted by Gasteiger charge is -2.15. The van der Waals surface area contributed by atoms with Gasteiger partial charge in [-0.1, -0.05) is 54.6 Å². The Kier molecular flexibility index (Phi) is 4.53. The Bertz CT molecular complexity index is 892. The highest BCUT2D eigenvalue weighted by Crippen LogP contribution is 2.47. The zero-order valence-electron chi connectivity index (χ0n) is 14.8. The van der Waals surface area contributed by atoms with Gasteiger partial charge in [0.15, 0.2) is 0 Å². The van der Waals surface area contributed by atoms with Gasteiger partial charge in [0.25, 0.3) is 0 Å². The van der Waals surface area contributed by atoms with Crippen LogP contribution >= 0.6 is 0 Å². The molecule has 1 heterocycles. The molecule has 1 amide bonds. The zero-order valence-corrected chi connectivity index (χ0v) is 14.8. The molecule has 26 heavy (non-hydrogen) atoms. The fourth-order valence-corrected chi connectivity index (χ4v) is 3.48. The first-order valence-electron chi connectivity index (χ1n) is 9.08. The predicted octanol–water partition coefficient (Wildman–Crippen LogP) is 4.73. The molecule has 1 N–H and O–H groups in total. The fourth-order valence-electron chi connectivity index (χ4n) is 3.48. The van der Waals surface area contributed by atoms with Crippen molar-refractivity contribution in [1.82, 2.24) is 10.3 Å². The molecule has 1 aromatic heterocycles. The van der Waals surface area contributed by atoms with Crippen LogP contribution in [0.3, 0.4) is 0 Å². The molecule has 1 fully saturated rings. The lowest BCUT2D eigenvalue weighted by Crippen LogP contribution is -2.28. The topological polar surface area (TPSA) is 42.0 Å². The van der Waals surface area contributed by atoms with Crippen molar-refractivity contribution in [2.24, 2.45) is 5.92 Å². The molecule has 3 aromatic rings. The molecular weight excluding hydrogens is 320 g/mol. The number of hydrogen-bond donors (Lipinski definition) is 1. The highest BCUT2D eigenvalue weighted by Gasteiger charge is 2.44. The van der Waals surface area contributed by atoms with Gasteiger partial charge in [0, 0.05) is 18.3 Å². The molecule has 1 aliphatic rings. The minimum Gasteiger partial charge on any atom is -0.349 e. The Balaban J connectivity index is 1.42. The maximum absolute atomic E-state index is 12.6. The van der Waals surface area contributed by atoms with Gasteiger partial charge in [-0.2, -0.15) is 0 Å². The summed E-state index contributed by atoms with van der Waals surface area (Å²) >= 11 is 0. The summed E-state index contributed by atoms with van der Waals surface area (Å²) in [5.74, 6) is 0.615. The SMILES string of the molecule is CC(NC(=O)[C@H]1CC1c1ccccc1)c1cccc(-c2cccnc2)c1. The number of nitrogens with zero attached hydrogens (tertiary/aromatic N) is 1. The third-order valence-corrected chi connectivity index (χ3v) is 5.10. The quantitative estimate of drug-likeness (QED) is 0.728. The normalized spacial score (nSPS) is 19.6. The first-order valence-corrected chi connectivity index (χ1v) is 9.08. The summed E-state index contributed by atoms with van der Waals surface area (Å²) < 4.78 is 0. The van der Waals surface area contributed by atoms with Crippen LogP contribution in [0.25, 0.3) is 11.1 Å². The Labute approximate surface area is 154 Å². The molecule has 0 radical (unpaired) electrons. The van der Waals surface area contributed by atoms with E-state index in [1.54, 1.807) is 6.20 Å². The van der Waals surface area contributed by atoms with Crippen LogP contribution in [-0.4, -0.2) is 10.9 Å². The van der Waals surface area contributed by atoms with Crippen LogP contribution in [0.2, 0.25) is 0 Å². The van der Waals surface area contributed by atoms with Gasteiger partial charge in [-0.25, -0.2) is 0 Å². The number of benzene rings is 2. The van der Waals surface area contributed by atoms with Crippen molar-refractivity contribution in [3.05, 3.63) is 90.3 Å². The summed E-state index contributed by atoms with van der Waals surface area (Å²) in [5.41, 5.74) is 4.57.